The van der Waals surface area contributed by atoms with Gasteiger partial charge in [-0.05, 0) is 46.7 Å². The molecule has 1 aromatic heterocycles. The predicted octanol–water partition coefficient (Wildman–Crippen LogP) is 2.40. The van der Waals surface area contributed by atoms with Crippen molar-refractivity contribution in [3.05, 3.63) is 46.7 Å². The standard InChI is InChI=1S/C13H14N2O2S/c1-17-11-4-2-10(3-5-11)15-12(13(14)16)9-6-7-18-8-9/h2-8,12,15H,1H3,(H2,14,16). The number of methoxy groups -OCH3 is 1. The number of carbonyl (C=O) groups excluding carboxylic acids is 1. The number of carbonyl (C=O) groups is 1. The van der Waals surface area contributed by atoms with Gasteiger partial charge in [-0.25, -0.2) is 0 Å². The van der Waals surface area contributed by atoms with E-state index in [1.54, 1.807) is 7.11 Å². The second-order valence-electron chi connectivity index (χ2n) is 3.76. The van der Waals surface area contributed by atoms with Crippen LogP contribution in [0.3, 0.4) is 0 Å². The highest BCUT2D eigenvalue weighted by molar-refractivity contribution is 7.08. The van der Waals surface area contributed by atoms with Crippen LogP contribution in [-0.4, -0.2) is 13.0 Å². The van der Waals surface area contributed by atoms with E-state index in [4.69, 9.17) is 10.5 Å². The molecule has 1 aromatic carbocycles. The average molecular weight is 262 g/mol. The van der Waals surface area contributed by atoms with E-state index in [0.717, 1.165) is 17.0 Å². The zero-order valence-electron chi connectivity index (χ0n) is 9.92. The van der Waals surface area contributed by atoms with Crippen molar-refractivity contribution < 1.29 is 9.53 Å². The van der Waals surface area contributed by atoms with Crippen LogP contribution < -0.4 is 15.8 Å². The molecular formula is C13H14N2O2S. The Morgan fingerprint density at radius 2 is 2.06 bits per heavy atom. The summed E-state index contributed by atoms with van der Waals surface area (Å²) >= 11 is 1.53. The zero-order chi connectivity index (χ0) is 13.0. The van der Waals surface area contributed by atoms with Crippen LogP contribution in [0.1, 0.15) is 11.6 Å². The third-order valence-corrected chi connectivity index (χ3v) is 3.26. The summed E-state index contributed by atoms with van der Waals surface area (Å²) < 4.78 is 5.08. The van der Waals surface area contributed by atoms with Gasteiger partial charge >= 0.3 is 0 Å². The fourth-order valence-corrected chi connectivity index (χ4v) is 2.30. The molecule has 0 spiro atoms. The molecule has 2 aromatic rings. The van der Waals surface area contributed by atoms with Gasteiger partial charge in [0.15, 0.2) is 0 Å². The summed E-state index contributed by atoms with van der Waals surface area (Å²) in [5.74, 6) is 0.371. The lowest BCUT2D eigenvalue weighted by Gasteiger charge is -2.15. The lowest BCUT2D eigenvalue weighted by molar-refractivity contribution is -0.118. The summed E-state index contributed by atoms with van der Waals surface area (Å²) in [7, 11) is 1.61. The van der Waals surface area contributed by atoms with Crippen LogP contribution in [0.15, 0.2) is 41.1 Å². The van der Waals surface area contributed by atoms with Crippen molar-refractivity contribution in [2.45, 2.75) is 6.04 Å². The van der Waals surface area contributed by atoms with Crippen molar-refractivity contribution in [3.8, 4) is 5.75 Å². The van der Waals surface area contributed by atoms with E-state index < -0.39 is 11.9 Å². The fraction of sp³-hybridized carbons (Fsp3) is 0.154. The molecule has 0 bridgehead atoms. The van der Waals surface area contributed by atoms with Crippen LogP contribution in [0.2, 0.25) is 0 Å². The highest BCUT2D eigenvalue weighted by Crippen LogP contribution is 2.23. The predicted molar refractivity (Wildman–Crippen MR) is 72.9 cm³/mol. The molecule has 0 radical (unpaired) electrons. The van der Waals surface area contributed by atoms with Crippen molar-refractivity contribution in [2.75, 3.05) is 12.4 Å². The minimum atomic E-state index is -0.510. The molecular weight excluding hydrogens is 248 g/mol. The Kier molecular flexibility index (Phi) is 3.84. The number of thiophene rings is 1. The molecule has 5 heteroatoms. The van der Waals surface area contributed by atoms with Crippen LogP contribution in [-0.2, 0) is 4.79 Å². The van der Waals surface area contributed by atoms with E-state index in [0.29, 0.717) is 0 Å². The molecule has 1 atom stereocenters. The van der Waals surface area contributed by atoms with Crippen molar-refractivity contribution in [1.29, 1.82) is 0 Å². The first kappa shape index (κ1) is 12.4. The number of primary amides is 1. The van der Waals surface area contributed by atoms with Crippen LogP contribution in [0.25, 0.3) is 0 Å². The molecule has 0 aliphatic heterocycles. The van der Waals surface area contributed by atoms with Gasteiger partial charge in [-0.1, -0.05) is 0 Å². The maximum atomic E-state index is 11.5. The Balaban J connectivity index is 2.16. The van der Waals surface area contributed by atoms with Gasteiger partial charge in [-0.3, -0.25) is 4.79 Å². The minimum absolute atomic E-state index is 0.399. The van der Waals surface area contributed by atoms with E-state index in [-0.39, 0.29) is 0 Å². The molecule has 0 aliphatic carbocycles. The summed E-state index contributed by atoms with van der Waals surface area (Å²) in [6.45, 7) is 0. The van der Waals surface area contributed by atoms with Gasteiger partial charge in [-0.2, -0.15) is 11.3 Å². The van der Waals surface area contributed by atoms with Gasteiger partial charge in [0.1, 0.15) is 11.8 Å². The first-order chi connectivity index (χ1) is 8.70. The quantitative estimate of drug-likeness (QED) is 0.869. The highest BCUT2D eigenvalue weighted by Gasteiger charge is 2.17. The second-order valence-corrected chi connectivity index (χ2v) is 4.54. The number of benzene rings is 1. The average Bonchev–Trinajstić information content (AvgIpc) is 2.90. The first-order valence-corrected chi connectivity index (χ1v) is 6.37. The molecule has 4 nitrogen and oxygen atoms in total. The van der Waals surface area contributed by atoms with Gasteiger partial charge in [0.25, 0.3) is 0 Å². The van der Waals surface area contributed by atoms with Gasteiger partial charge < -0.3 is 15.8 Å². The largest absolute Gasteiger partial charge is 0.497 e. The fourth-order valence-electron chi connectivity index (χ4n) is 1.61. The third-order valence-electron chi connectivity index (χ3n) is 2.56. The van der Waals surface area contributed by atoms with Crippen LogP contribution in [0.5, 0.6) is 5.75 Å². The molecule has 1 amide bonds. The van der Waals surface area contributed by atoms with Gasteiger partial charge in [-0.15, -0.1) is 0 Å². The van der Waals surface area contributed by atoms with E-state index in [2.05, 4.69) is 5.32 Å². The Morgan fingerprint density at radius 1 is 1.33 bits per heavy atom. The van der Waals surface area contributed by atoms with Crippen molar-refractivity contribution >= 4 is 22.9 Å². The van der Waals surface area contributed by atoms with Crippen molar-refractivity contribution in [2.24, 2.45) is 5.73 Å². The molecule has 0 saturated heterocycles. The number of rotatable bonds is 5. The topological polar surface area (TPSA) is 64.3 Å². The first-order valence-electron chi connectivity index (χ1n) is 5.42. The highest BCUT2D eigenvalue weighted by atomic mass is 32.1. The normalized spacial score (nSPS) is 11.8. The lowest BCUT2D eigenvalue weighted by Crippen LogP contribution is -2.27. The number of hydrogen-bond donors (Lipinski definition) is 2. The van der Waals surface area contributed by atoms with Crippen LogP contribution >= 0.6 is 11.3 Å². The Hall–Kier alpha value is -2.01. The van der Waals surface area contributed by atoms with Gasteiger partial charge in [0.05, 0.1) is 7.11 Å². The minimum Gasteiger partial charge on any atom is -0.497 e. The summed E-state index contributed by atoms with van der Waals surface area (Å²) in [4.78, 5) is 11.5. The number of nitrogens with two attached hydrogens (primary N) is 1. The molecule has 0 aliphatic rings. The molecule has 2 rings (SSSR count). The number of nitrogens with one attached hydrogen (secondary N) is 1. The number of anilines is 1. The molecule has 94 valence electrons. The maximum absolute atomic E-state index is 11.5. The van der Waals surface area contributed by atoms with Crippen molar-refractivity contribution in [3.63, 3.8) is 0 Å². The smallest absolute Gasteiger partial charge is 0.244 e. The number of hydrogen-bond acceptors (Lipinski definition) is 4. The van der Waals surface area contributed by atoms with E-state index in [1.807, 2.05) is 41.1 Å². The SMILES string of the molecule is COc1ccc(NC(C(N)=O)c2ccsc2)cc1. The number of ether oxygens (including phenoxy) is 1. The van der Waals surface area contributed by atoms with E-state index in [1.165, 1.54) is 11.3 Å². The van der Waals surface area contributed by atoms with E-state index in [9.17, 15) is 4.79 Å². The Morgan fingerprint density at radius 3 is 2.56 bits per heavy atom. The molecule has 0 saturated carbocycles. The molecule has 1 heterocycles. The lowest BCUT2D eigenvalue weighted by atomic mass is 10.1. The summed E-state index contributed by atoms with van der Waals surface area (Å²) in [5.41, 5.74) is 7.11. The molecule has 0 fully saturated rings. The monoisotopic (exact) mass is 262 g/mol. The summed E-state index contributed by atoms with van der Waals surface area (Å²) in [6, 6.07) is 8.73. The van der Waals surface area contributed by atoms with Crippen LogP contribution in [0, 0.1) is 0 Å². The summed E-state index contributed by atoms with van der Waals surface area (Å²) in [5, 5.41) is 6.94. The maximum Gasteiger partial charge on any atom is 0.244 e. The van der Waals surface area contributed by atoms with Gasteiger partial charge in [0, 0.05) is 5.69 Å². The Bertz CT molecular complexity index is 508. The van der Waals surface area contributed by atoms with Crippen molar-refractivity contribution in [1.82, 2.24) is 0 Å². The Labute approximate surface area is 109 Å². The van der Waals surface area contributed by atoms with Gasteiger partial charge in [0.2, 0.25) is 5.91 Å². The molecule has 18 heavy (non-hydrogen) atoms. The molecule has 1 unspecified atom stereocenters. The van der Waals surface area contributed by atoms with Crippen LogP contribution in [0.4, 0.5) is 5.69 Å². The van der Waals surface area contributed by atoms with E-state index >= 15 is 0 Å². The number of amides is 1. The summed E-state index contributed by atoms with van der Waals surface area (Å²) in [6.07, 6.45) is 0. The third kappa shape index (κ3) is 2.81. The second kappa shape index (κ2) is 5.55. The molecule has 3 N–H and O–H groups in total. The zero-order valence-corrected chi connectivity index (χ0v) is 10.7.